The van der Waals surface area contributed by atoms with Gasteiger partial charge in [-0.3, -0.25) is 0 Å². The molecule has 0 atom stereocenters. The molecule has 0 aliphatic heterocycles. The standard InChI is InChI=1S/C14H14O12/c15-11(16)3-23-7-1-8(24-4-12(17)18)10(26-6-14(21)22)2-9(7)25-5-13(19)20/h1-2H,3-6H2,(H,15,16)(H,17,18)(H,19,20)(H,21,22). The average Bonchev–Trinajstić information content (AvgIpc) is 2.54. The van der Waals surface area contributed by atoms with Gasteiger partial charge in [-0.25, -0.2) is 19.2 Å². The molecule has 1 rings (SSSR count). The fourth-order valence-corrected chi connectivity index (χ4v) is 1.53. The van der Waals surface area contributed by atoms with Crippen molar-refractivity contribution in [3.63, 3.8) is 0 Å². The molecule has 26 heavy (non-hydrogen) atoms. The van der Waals surface area contributed by atoms with E-state index < -0.39 is 50.3 Å². The van der Waals surface area contributed by atoms with E-state index in [1.54, 1.807) is 0 Å². The van der Waals surface area contributed by atoms with Crippen LogP contribution < -0.4 is 18.9 Å². The van der Waals surface area contributed by atoms with Gasteiger partial charge in [0.05, 0.1) is 0 Å². The molecule has 142 valence electrons. The summed E-state index contributed by atoms with van der Waals surface area (Å²) in [6.07, 6.45) is 0. The molecule has 0 radical (unpaired) electrons. The zero-order chi connectivity index (χ0) is 19.7. The molecule has 1 aromatic rings. The van der Waals surface area contributed by atoms with Gasteiger partial charge in [-0.15, -0.1) is 0 Å². The summed E-state index contributed by atoms with van der Waals surface area (Å²) in [5.74, 6) is -6.43. The Morgan fingerprint density at radius 1 is 0.538 bits per heavy atom. The van der Waals surface area contributed by atoms with Crippen molar-refractivity contribution in [2.75, 3.05) is 26.4 Å². The molecule has 0 fully saturated rings. The lowest BCUT2D eigenvalue weighted by atomic mass is 10.2. The third-order valence-electron chi connectivity index (χ3n) is 2.41. The van der Waals surface area contributed by atoms with Crippen LogP contribution in [0.3, 0.4) is 0 Å². The molecule has 0 unspecified atom stereocenters. The first-order valence-corrected chi connectivity index (χ1v) is 6.75. The van der Waals surface area contributed by atoms with Gasteiger partial charge >= 0.3 is 23.9 Å². The van der Waals surface area contributed by atoms with Crippen LogP contribution in [0.15, 0.2) is 12.1 Å². The van der Waals surface area contributed by atoms with Crippen molar-refractivity contribution >= 4 is 23.9 Å². The monoisotopic (exact) mass is 374 g/mol. The number of aliphatic carboxylic acids is 4. The zero-order valence-corrected chi connectivity index (χ0v) is 13.0. The van der Waals surface area contributed by atoms with E-state index in [0.717, 1.165) is 12.1 Å². The summed E-state index contributed by atoms with van der Waals surface area (Å²) in [7, 11) is 0. The number of benzene rings is 1. The first-order chi connectivity index (χ1) is 12.2. The number of hydrogen-bond acceptors (Lipinski definition) is 8. The summed E-state index contributed by atoms with van der Waals surface area (Å²) < 4.78 is 19.8. The van der Waals surface area contributed by atoms with Crippen molar-refractivity contribution in [3.8, 4) is 23.0 Å². The van der Waals surface area contributed by atoms with Crippen LogP contribution in [-0.2, 0) is 19.2 Å². The van der Waals surface area contributed by atoms with E-state index in [9.17, 15) is 19.2 Å². The molecule has 12 heteroatoms. The third-order valence-corrected chi connectivity index (χ3v) is 2.41. The van der Waals surface area contributed by atoms with Gasteiger partial charge in [-0.05, 0) is 0 Å². The lowest BCUT2D eigenvalue weighted by molar-refractivity contribution is -0.141. The van der Waals surface area contributed by atoms with Crippen LogP contribution in [0.2, 0.25) is 0 Å². The minimum absolute atomic E-state index is 0.267. The third kappa shape index (κ3) is 7.25. The van der Waals surface area contributed by atoms with Crippen molar-refractivity contribution in [2.24, 2.45) is 0 Å². The topological polar surface area (TPSA) is 186 Å². The number of rotatable bonds is 12. The van der Waals surface area contributed by atoms with Crippen LogP contribution in [0.1, 0.15) is 0 Å². The summed E-state index contributed by atoms with van der Waals surface area (Å²) in [4.78, 5) is 42.5. The van der Waals surface area contributed by atoms with Gasteiger partial charge < -0.3 is 39.4 Å². The van der Waals surface area contributed by atoms with Crippen molar-refractivity contribution in [3.05, 3.63) is 12.1 Å². The Balaban J connectivity index is 3.22. The van der Waals surface area contributed by atoms with Crippen molar-refractivity contribution in [1.29, 1.82) is 0 Å². The second-order valence-corrected chi connectivity index (χ2v) is 4.48. The molecule has 0 aromatic heterocycles. The molecule has 0 bridgehead atoms. The molecule has 0 heterocycles. The Morgan fingerprint density at radius 2 is 0.731 bits per heavy atom. The first kappa shape index (κ1) is 20.3. The Kier molecular flexibility index (Phi) is 7.48. The normalized spacial score (nSPS) is 9.85. The highest BCUT2D eigenvalue weighted by Crippen LogP contribution is 2.40. The highest BCUT2D eigenvalue weighted by molar-refractivity contribution is 5.71. The quantitative estimate of drug-likeness (QED) is 0.369. The van der Waals surface area contributed by atoms with Gasteiger partial charge in [0.1, 0.15) is 0 Å². The van der Waals surface area contributed by atoms with Crippen molar-refractivity contribution < 1.29 is 58.6 Å². The van der Waals surface area contributed by atoms with Crippen LogP contribution in [0.4, 0.5) is 0 Å². The molecule has 0 amide bonds. The largest absolute Gasteiger partial charge is 0.479 e. The number of ether oxygens (including phenoxy) is 4. The van der Waals surface area contributed by atoms with E-state index in [0.29, 0.717) is 0 Å². The summed E-state index contributed by atoms with van der Waals surface area (Å²) in [6.45, 7) is -3.23. The number of hydrogen-bond donors (Lipinski definition) is 4. The van der Waals surface area contributed by atoms with E-state index in [-0.39, 0.29) is 23.0 Å². The van der Waals surface area contributed by atoms with Gasteiger partial charge in [-0.2, -0.15) is 0 Å². The van der Waals surface area contributed by atoms with E-state index in [2.05, 4.69) is 0 Å². The molecular weight excluding hydrogens is 360 g/mol. The molecule has 0 aliphatic rings. The Morgan fingerprint density at radius 3 is 0.885 bits per heavy atom. The fourth-order valence-electron chi connectivity index (χ4n) is 1.53. The lowest BCUT2D eigenvalue weighted by Gasteiger charge is -2.16. The summed E-state index contributed by atoms with van der Waals surface area (Å²) in [5.41, 5.74) is 0. The van der Waals surface area contributed by atoms with E-state index in [1.807, 2.05) is 0 Å². The van der Waals surface area contributed by atoms with Crippen LogP contribution in [0.5, 0.6) is 23.0 Å². The lowest BCUT2D eigenvalue weighted by Crippen LogP contribution is -2.15. The summed E-state index contributed by atoms with van der Waals surface area (Å²) in [6, 6.07) is 2.00. The van der Waals surface area contributed by atoms with Gasteiger partial charge in [0.15, 0.2) is 49.4 Å². The number of carboxylic acid groups (broad SMARTS) is 4. The maximum Gasteiger partial charge on any atom is 0.341 e. The molecule has 0 saturated carbocycles. The Labute approximate surface area is 145 Å². The van der Waals surface area contributed by atoms with Gasteiger partial charge in [-0.1, -0.05) is 0 Å². The number of carboxylic acids is 4. The maximum atomic E-state index is 10.6. The van der Waals surface area contributed by atoms with E-state index in [4.69, 9.17) is 39.4 Å². The van der Waals surface area contributed by atoms with Gasteiger partial charge in [0.25, 0.3) is 0 Å². The molecule has 0 spiro atoms. The highest BCUT2D eigenvalue weighted by atomic mass is 16.6. The SMILES string of the molecule is O=C(O)COc1cc(OCC(=O)O)c(OCC(=O)O)cc1OCC(=O)O. The van der Waals surface area contributed by atoms with Crippen molar-refractivity contribution in [2.45, 2.75) is 0 Å². The van der Waals surface area contributed by atoms with E-state index in [1.165, 1.54) is 0 Å². The minimum Gasteiger partial charge on any atom is -0.479 e. The zero-order valence-electron chi connectivity index (χ0n) is 13.0. The Bertz CT molecular complexity index is 581. The summed E-state index contributed by atoms with van der Waals surface area (Å²) >= 11 is 0. The van der Waals surface area contributed by atoms with E-state index >= 15 is 0 Å². The Hall–Kier alpha value is -3.70. The fraction of sp³-hybridized carbons (Fsp3) is 0.286. The molecule has 0 aliphatic carbocycles. The molecule has 12 nitrogen and oxygen atoms in total. The van der Waals surface area contributed by atoms with Gasteiger partial charge in [0, 0.05) is 12.1 Å². The molecule has 0 saturated heterocycles. The van der Waals surface area contributed by atoms with Crippen LogP contribution in [0, 0.1) is 0 Å². The molecular formula is C14H14O12. The number of carbonyl (C=O) groups is 4. The molecule has 4 N–H and O–H groups in total. The van der Waals surface area contributed by atoms with Crippen LogP contribution in [-0.4, -0.2) is 70.7 Å². The molecule has 1 aromatic carbocycles. The predicted octanol–water partition coefficient (Wildman–Crippen LogP) is -0.460. The summed E-state index contributed by atoms with van der Waals surface area (Å²) in [5, 5.41) is 34.7. The minimum atomic E-state index is -1.34. The highest BCUT2D eigenvalue weighted by Gasteiger charge is 2.18. The second-order valence-electron chi connectivity index (χ2n) is 4.48. The van der Waals surface area contributed by atoms with Crippen molar-refractivity contribution in [1.82, 2.24) is 0 Å². The predicted molar refractivity (Wildman–Crippen MR) is 79.0 cm³/mol. The average molecular weight is 374 g/mol. The first-order valence-electron chi connectivity index (χ1n) is 6.75. The maximum absolute atomic E-state index is 10.6. The van der Waals surface area contributed by atoms with Crippen LogP contribution in [0.25, 0.3) is 0 Å². The van der Waals surface area contributed by atoms with Crippen LogP contribution >= 0.6 is 0 Å². The van der Waals surface area contributed by atoms with Gasteiger partial charge in [0.2, 0.25) is 0 Å². The second kappa shape index (κ2) is 9.56. The smallest absolute Gasteiger partial charge is 0.341 e.